The van der Waals surface area contributed by atoms with Gasteiger partial charge in [-0.05, 0) is 6.07 Å². The van der Waals surface area contributed by atoms with E-state index in [1.54, 1.807) is 12.1 Å². The number of terminal acetylenes is 1. The molecule has 0 aromatic heterocycles. The van der Waals surface area contributed by atoms with E-state index < -0.39 is 0 Å². The molecule has 0 aliphatic rings. The minimum atomic E-state index is 0.175. The Kier molecular flexibility index (Phi) is 3.28. The quantitative estimate of drug-likeness (QED) is 0.667. The lowest BCUT2D eigenvalue weighted by molar-refractivity contribution is 0.370. The Balaban J connectivity index is 2.84. The molecule has 12 heavy (non-hydrogen) atoms. The average molecular weight is 200 g/mol. The van der Waals surface area contributed by atoms with Crippen LogP contribution in [0.5, 0.6) is 5.75 Å². The van der Waals surface area contributed by atoms with Crippen molar-refractivity contribution >= 4 is 23.2 Å². The van der Waals surface area contributed by atoms with E-state index in [1.165, 1.54) is 0 Å². The zero-order chi connectivity index (χ0) is 8.97. The van der Waals surface area contributed by atoms with Gasteiger partial charge >= 0.3 is 0 Å². The number of ether oxygens (including phenoxy) is 1. The van der Waals surface area contributed by atoms with Gasteiger partial charge in [0, 0.05) is 17.2 Å². The SMILES string of the molecule is C#CCOc1cc(Cl)c[c]c1Cl. The summed E-state index contributed by atoms with van der Waals surface area (Å²) in [5.41, 5.74) is 0. The maximum Gasteiger partial charge on any atom is 0.148 e. The fourth-order valence-corrected chi connectivity index (χ4v) is 0.975. The maximum absolute atomic E-state index is 5.72. The molecular formula is C9H5Cl2O. The van der Waals surface area contributed by atoms with Crippen LogP contribution in [0.3, 0.4) is 0 Å². The molecule has 0 saturated carbocycles. The van der Waals surface area contributed by atoms with E-state index in [4.69, 9.17) is 34.4 Å². The third-order valence-electron chi connectivity index (χ3n) is 1.13. The molecule has 1 rings (SSSR count). The Labute approximate surface area is 81.2 Å². The van der Waals surface area contributed by atoms with E-state index in [9.17, 15) is 0 Å². The number of rotatable bonds is 2. The summed E-state index contributed by atoms with van der Waals surface area (Å²) in [5.74, 6) is 2.79. The highest BCUT2D eigenvalue weighted by molar-refractivity contribution is 6.34. The fraction of sp³-hybridized carbons (Fsp3) is 0.111. The van der Waals surface area contributed by atoms with Gasteiger partial charge in [0.15, 0.2) is 0 Å². The molecule has 61 valence electrons. The molecule has 1 nitrogen and oxygen atoms in total. The van der Waals surface area contributed by atoms with Crippen molar-refractivity contribution in [1.82, 2.24) is 0 Å². The van der Waals surface area contributed by atoms with Crippen LogP contribution in [0.2, 0.25) is 10.0 Å². The topological polar surface area (TPSA) is 9.23 Å². The van der Waals surface area contributed by atoms with E-state index in [0.717, 1.165) is 0 Å². The minimum absolute atomic E-state index is 0.175. The van der Waals surface area contributed by atoms with Gasteiger partial charge in [0.25, 0.3) is 0 Å². The van der Waals surface area contributed by atoms with Crippen LogP contribution in [-0.2, 0) is 0 Å². The number of benzene rings is 1. The van der Waals surface area contributed by atoms with Gasteiger partial charge in [-0.25, -0.2) is 0 Å². The number of hydrogen-bond donors (Lipinski definition) is 0. The van der Waals surface area contributed by atoms with Crippen molar-refractivity contribution in [2.45, 2.75) is 0 Å². The van der Waals surface area contributed by atoms with Crippen LogP contribution >= 0.6 is 23.2 Å². The lowest BCUT2D eigenvalue weighted by atomic mass is 10.3. The van der Waals surface area contributed by atoms with Gasteiger partial charge in [0.2, 0.25) is 0 Å². The lowest BCUT2D eigenvalue weighted by Gasteiger charge is -2.03. The smallest absolute Gasteiger partial charge is 0.148 e. The van der Waals surface area contributed by atoms with Gasteiger partial charge in [0.05, 0.1) is 5.02 Å². The van der Waals surface area contributed by atoms with E-state index in [1.807, 2.05) is 0 Å². The second kappa shape index (κ2) is 4.25. The molecule has 0 N–H and O–H groups in total. The van der Waals surface area contributed by atoms with E-state index >= 15 is 0 Å². The third kappa shape index (κ3) is 2.34. The van der Waals surface area contributed by atoms with Crippen molar-refractivity contribution in [1.29, 1.82) is 0 Å². The van der Waals surface area contributed by atoms with Crippen molar-refractivity contribution in [2.75, 3.05) is 6.61 Å². The summed E-state index contributed by atoms with van der Waals surface area (Å²) < 4.78 is 5.08. The maximum atomic E-state index is 5.72. The van der Waals surface area contributed by atoms with E-state index in [0.29, 0.717) is 15.8 Å². The molecule has 0 aliphatic carbocycles. The van der Waals surface area contributed by atoms with Gasteiger partial charge < -0.3 is 4.74 Å². The number of halogens is 2. The second-order valence-electron chi connectivity index (χ2n) is 1.99. The van der Waals surface area contributed by atoms with E-state index in [2.05, 4.69) is 12.0 Å². The summed E-state index contributed by atoms with van der Waals surface area (Å²) in [4.78, 5) is 0. The first-order valence-corrected chi connectivity index (χ1v) is 3.92. The molecule has 0 amide bonds. The molecule has 0 unspecified atom stereocenters. The molecule has 0 fully saturated rings. The molecule has 1 radical (unpaired) electrons. The number of hydrogen-bond acceptors (Lipinski definition) is 1. The zero-order valence-electron chi connectivity index (χ0n) is 6.10. The summed E-state index contributed by atoms with van der Waals surface area (Å²) in [7, 11) is 0. The fourth-order valence-electron chi connectivity index (χ4n) is 0.658. The highest BCUT2D eigenvalue weighted by Gasteiger charge is 2.01. The summed E-state index contributed by atoms with van der Waals surface area (Å²) in [6.45, 7) is 0.175. The van der Waals surface area contributed by atoms with Crippen LogP contribution in [0, 0.1) is 18.4 Å². The van der Waals surface area contributed by atoms with Crippen LogP contribution < -0.4 is 4.74 Å². The van der Waals surface area contributed by atoms with Crippen LogP contribution in [0.1, 0.15) is 0 Å². The Bertz CT molecular complexity index is 315. The van der Waals surface area contributed by atoms with Gasteiger partial charge in [-0.2, -0.15) is 0 Å². The molecule has 0 bridgehead atoms. The van der Waals surface area contributed by atoms with Crippen LogP contribution in [0.4, 0.5) is 0 Å². The Morgan fingerprint density at radius 2 is 2.33 bits per heavy atom. The molecule has 0 aliphatic heterocycles. The zero-order valence-corrected chi connectivity index (χ0v) is 7.62. The predicted molar refractivity (Wildman–Crippen MR) is 49.6 cm³/mol. The van der Waals surface area contributed by atoms with Crippen molar-refractivity contribution in [2.24, 2.45) is 0 Å². The molecule has 1 aromatic rings. The van der Waals surface area contributed by atoms with E-state index in [-0.39, 0.29) is 6.61 Å². The molecule has 0 atom stereocenters. The van der Waals surface area contributed by atoms with Crippen molar-refractivity contribution in [3.8, 4) is 18.1 Å². The molecule has 0 heterocycles. The monoisotopic (exact) mass is 199 g/mol. The standard InChI is InChI=1S/C9H5Cl2O/c1-2-5-12-9-6-7(10)3-4-8(9)11/h1,3,6H,5H2. The highest BCUT2D eigenvalue weighted by atomic mass is 35.5. The summed E-state index contributed by atoms with van der Waals surface area (Å²) in [5, 5.41) is 0.904. The molecule has 3 heteroatoms. The Hall–Kier alpha value is -0.840. The molecular weight excluding hydrogens is 195 g/mol. The highest BCUT2D eigenvalue weighted by Crippen LogP contribution is 2.26. The van der Waals surface area contributed by atoms with Crippen LogP contribution in [-0.4, -0.2) is 6.61 Å². The Morgan fingerprint density at radius 1 is 1.58 bits per heavy atom. The van der Waals surface area contributed by atoms with Crippen LogP contribution in [0.25, 0.3) is 0 Å². The van der Waals surface area contributed by atoms with Gasteiger partial charge in [-0.15, -0.1) is 6.42 Å². The Morgan fingerprint density at radius 3 is 3.00 bits per heavy atom. The first-order valence-electron chi connectivity index (χ1n) is 3.17. The van der Waals surface area contributed by atoms with Crippen LogP contribution in [0.15, 0.2) is 12.1 Å². The van der Waals surface area contributed by atoms with Crippen molar-refractivity contribution < 1.29 is 4.74 Å². The normalized spacial score (nSPS) is 9.08. The second-order valence-corrected chi connectivity index (χ2v) is 2.80. The molecule has 0 spiro atoms. The largest absolute Gasteiger partial charge is 0.479 e. The van der Waals surface area contributed by atoms with Crippen molar-refractivity contribution in [3.63, 3.8) is 0 Å². The van der Waals surface area contributed by atoms with Gasteiger partial charge in [0.1, 0.15) is 12.4 Å². The first-order chi connectivity index (χ1) is 5.74. The summed E-state index contributed by atoms with van der Waals surface area (Å²) >= 11 is 11.4. The first kappa shape index (κ1) is 9.25. The summed E-state index contributed by atoms with van der Waals surface area (Å²) in [6, 6.07) is 5.87. The average Bonchev–Trinajstić information content (AvgIpc) is 2.07. The lowest BCUT2D eigenvalue weighted by Crippen LogP contribution is -1.93. The van der Waals surface area contributed by atoms with Gasteiger partial charge in [-0.3, -0.25) is 0 Å². The molecule has 1 aromatic carbocycles. The minimum Gasteiger partial charge on any atom is -0.479 e. The van der Waals surface area contributed by atoms with Gasteiger partial charge in [-0.1, -0.05) is 29.1 Å². The molecule has 0 saturated heterocycles. The predicted octanol–water partition coefficient (Wildman–Crippen LogP) is 2.81. The summed E-state index contributed by atoms with van der Waals surface area (Å²) in [6.07, 6.45) is 5.00. The van der Waals surface area contributed by atoms with Crippen molar-refractivity contribution in [3.05, 3.63) is 28.2 Å². The third-order valence-corrected chi connectivity index (χ3v) is 1.65.